The van der Waals surface area contributed by atoms with Gasteiger partial charge in [0, 0.05) is 43.4 Å². The molecule has 1 aliphatic rings. The first-order chi connectivity index (χ1) is 13.2. The summed E-state index contributed by atoms with van der Waals surface area (Å²) in [5.74, 6) is 0.198. The van der Waals surface area contributed by atoms with E-state index >= 15 is 0 Å². The Morgan fingerprint density at radius 2 is 1.89 bits per heavy atom. The summed E-state index contributed by atoms with van der Waals surface area (Å²) >= 11 is 0. The molecule has 0 unspecified atom stereocenters. The van der Waals surface area contributed by atoms with Gasteiger partial charge in [0.05, 0.1) is 12.1 Å². The SMILES string of the molecule is O=C(c1cccnc1)C1CCN(C(=O)CCn2nnc3ccccc32)CC1. The van der Waals surface area contributed by atoms with Gasteiger partial charge in [0.1, 0.15) is 5.52 Å². The van der Waals surface area contributed by atoms with Gasteiger partial charge >= 0.3 is 0 Å². The van der Waals surface area contributed by atoms with Crippen LogP contribution in [0.1, 0.15) is 29.6 Å². The van der Waals surface area contributed by atoms with Gasteiger partial charge in [-0.25, -0.2) is 4.68 Å². The Bertz CT molecular complexity index is 945. The molecule has 0 N–H and O–H groups in total. The number of ketones is 1. The number of rotatable bonds is 5. The van der Waals surface area contributed by atoms with Crippen LogP contribution >= 0.6 is 0 Å². The molecule has 0 radical (unpaired) electrons. The number of carbonyl (C=O) groups excluding carboxylic acids is 2. The van der Waals surface area contributed by atoms with Crippen molar-refractivity contribution in [2.24, 2.45) is 5.92 Å². The number of amides is 1. The summed E-state index contributed by atoms with van der Waals surface area (Å²) in [5, 5.41) is 8.24. The number of para-hydroxylation sites is 1. The van der Waals surface area contributed by atoms with Crippen LogP contribution in [0, 0.1) is 5.92 Å². The maximum absolute atomic E-state index is 12.5. The quantitative estimate of drug-likeness (QED) is 0.650. The van der Waals surface area contributed by atoms with Crippen LogP contribution in [0.15, 0.2) is 48.8 Å². The minimum atomic E-state index is -0.0301. The van der Waals surface area contributed by atoms with Gasteiger partial charge in [-0.3, -0.25) is 14.6 Å². The molecule has 4 rings (SSSR count). The van der Waals surface area contributed by atoms with Crippen LogP contribution in [0.3, 0.4) is 0 Å². The van der Waals surface area contributed by atoms with Crippen molar-refractivity contribution < 1.29 is 9.59 Å². The lowest BCUT2D eigenvalue weighted by Gasteiger charge is -2.31. The van der Waals surface area contributed by atoms with Gasteiger partial charge in [-0.05, 0) is 37.1 Å². The number of aryl methyl sites for hydroxylation is 1. The van der Waals surface area contributed by atoms with Crippen molar-refractivity contribution in [2.45, 2.75) is 25.8 Å². The van der Waals surface area contributed by atoms with Crippen LogP contribution in [0.2, 0.25) is 0 Å². The Labute approximate surface area is 157 Å². The van der Waals surface area contributed by atoms with Gasteiger partial charge in [-0.15, -0.1) is 5.10 Å². The van der Waals surface area contributed by atoms with Crippen LogP contribution in [0.5, 0.6) is 0 Å². The number of piperidine rings is 1. The first-order valence-corrected chi connectivity index (χ1v) is 9.22. The minimum Gasteiger partial charge on any atom is -0.343 e. The molecule has 0 atom stereocenters. The van der Waals surface area contributed by atoms with E-state index < -0.39 is 0 Å². The zero-order chi connectivity index (χ0) is 18.6. The fourth-order valence-electron chi connectivity index (χ4n) is 3.58. The molecule has 1 saturated heterocycles. The predicted octanol–water partition coefficient (Wildman–Crippen LogP) is 2.34. The number of aromatic nitrogens is 4. The Morgan fingerprint density at radius 3 is 2.67 bits per heavy atom. The maximum Gasteiger partial charge on any atom is 0.224 e. The molecule has 138 valence electrons. The van der Waals surface area contributed by atoms with Crippen molar-refractivity contribution in [3.8, 4) is 0 Å². The number of carbonyl (C=O) groups is 2. The second-order valence-corrected chi connectivity index (χ2v) is 6.81. The summed E-state index contributed by atoms with van der Waals surface area (Å²) in [6.07, 6.45) is 5.06. The highest BCUT2D eigenvalue weighted by Gasteiger charge is 2.27. The highest BCUT2D eigenvalue weighted by atomic mass is 16.2. The molecule has 0 saturated carbocycles. The molecule has 1 amide bonds. The number of benzene rings is 1. The van der Waals surface area contributed by atoms with Crippen LogP contribution in [-0.4, -0.2) is 49.7 Å². The molecule has 0 aliphatic carbocycles. The maximum atomic E-state index is 12.5. The number of hydrogen-bond acceptors (Lipinski definition) is 5. The molecule has 27 heavy (non-hydrogen) atoms. The molecular weight excluding hydrogens is 342 g/mol. The van der Waals surface area contributed by atoms with Gasteiger partial charge in [0.15, 0.2) is 5.78 Å². The number of fused-ring (bicyclic) bond motifs is 1. The normalized spacial score (nSPS) is 15.2. The summed E-state index contributed by atoms with van der Waals surface area (Å²) in [4.78, 5) is 30.9. The number of nitrogens with zero attached hydrogens (tertiary/aromatic N) is 5. The van der Waals surface area contributed by atoms with Gasteiger partial charge < -0.3 is 4.90 Å². The first kappa shape index (κ1) is 17.3. The highest BCUT2D eigenvalue weighted by molar-refractivity contribution is 5.97. The third-order valence-corrected chi connectivity index (χ3v) is 5.12. The van der Waals surface area contributed by atoms with Crippen molar-refractivity contribution in [3.05, 3.63) is 54.4 Å². The molecule has 3 aromatic rings. The molecule has 7 heteroatoms. The van der Waals surface area contributed by atoms with Crippen LogP contribution in [0.4, 0.5) is 0 Å². The fraction of sp³-hybridized carbons (Fsp3) is 0.350. The largest absolute Gasteiger partial charge is 0.343 e. The predicted molar refractivity (Wildman–Crippen MR) is 100 cm³/mol. The van der Waals surface area contributed by atoms with Crippen LogP contribution in [-0.2, 0) is 11.3 Å². The summed E-state index contributed by atoms with van der Waals surface area (Å²) < 4.78 is 1.77. The van der Waals surface area contributed by atoms with E-state index in [2.05, 4.69) is 15.3 Å². The average molecular weight is 363 g/mol. The van der Waals surface area contributed by atoms with E-state index in [4.69, 9.17) is 0 Å². The Hall–Kier alpha value is -3.09. The Balaban J connectivity index is 1.30. The number of Topliss-reactive ketones (excluding diaryl/α,β-unsaturated/α-hetero) is 1. The van der Waals surface area contributed by atoms with Gasteiger partial charge in [0.2, 0.25) is 5.91 Å². The minimum absolute atomic E-state index is 0.0301. The summed E-state index contributed by atoms with van der Waals surface area (Å²) in [6, 6.07) is 11.3. The van der Waals surface area contributed by atoms with Gasteiger partial charge in [-0.2, -0.15) is 0 Å². The Morgan fingerprint density at radius 1 is 1.07 bits per heavy atom. The van der Waals surface area contributed by atoms with Crippen molar-refractivity contribution in [3.63, 3.8) is 0 Å². The zero-order valence-electron chi connectivity index (χ0n) is 15.0. The van der Waals surface area contributed by atoms with E-state index in [1.165, 1.54) is 0 Å². The fourth-order valence-corrected chi connectivity index (χ4v) is 3.58. The zero-order valence-corrected chi connectivity index (χ0v) is 15.0. The Kier molecular flexibility index (Phi) is 4.91. The lowest BCUT2D eigenvalue weighted by molar-refractivity contribution is -0.132. The summed E-state index contributed by atoms with van der Waals surface area (Å²) in [5.41, 5.74) is 2.42. The molecule has 2 aromatic heterocycles. The average Bonchev–Trinajstić information content (AvgIpc) is 3.15. The monoisotopic (exact) mass is 363 g/mol. The molecule has 0 spiro atoms. The third kappa shape index (κ3) is 3.72. The second kappa shape index (κ2) is 7.65. The van der Waals surface area contributed by atoms with Gasteiger partial charge in [-0.1, -0.05) is 17.3 Å². The molecular formula is C20H21N5O2. The summed E-state index contributed by atoms with van der Waals surface area (Å²) in [6.45, 7) is 1.75. The van der Waals surface area contributed by atoms with E-state index in [-0.39, 0.29) is 17.6 Å². The summed E-state index contributed by atoms with van der Waals surface area (Å²) in [7, 11) is 0. The van der Waals surface area contributed by atoms with Crippen molar-refractivity contribution in [1.82, 2.24) is 24.9 Å². The molecule has 1 aromatic carbocycles. The van der Waals surface area contributed by atoms with Crippen molar-refractivity contribution in [1.29, 1.82) is 0 Å². The number of likely N-dealkylation sites (tertiary alicyclic amines) is 1. The van der Waals surface area contributed by atoms with E-state index in [1.54, 1.807) is 29.2 Å². The molecule has 0 bridgehead atoms. The lowest BCUT2D eigenvalue weighted by Crippen LogP contribution is -2.40. The highest BCUT2D eigenvalue weighted by Crippen LogP contribution is 2.22. The number of hydrogen-bond donors (Lipinski definition) is 0. The molecule has 3 heterocycles. The van der Waals surface area contributed by atoms with E-state index in [1.807, 2.05) is 29.2 Å². The molecule has 1 fully saturated rings. The van der Waals surface area contributed by atoms with E-state index in [0.717, 1.165) is 11.0 Å². The lowest BCUT2D eigenvalue weighted by atomic mass is 9.89. The van der Waals surface area contributed by atoms with Crippen molar-refractivity contribution >= 4 is 22.7 Å². The standard InChI is InChI=1S/C20H21N5O2/c26-19(9-13-25-18-6-2-1-5-17(18)22-23-25)24-11-7-15(8-12-24)20(27)16-4-3-10-21-14-16/h1-6,10,14-15H,7-9,11-13H2. The van der Waals surface area contributed by atoms with Crippen LogP contribution < -0.4 is 0 Å². The molecule has 1 aliphatic heterocycles. The van der Waals surface area contributed by atoms with Crippen molar-refractivity contribution in [2.75, 3.05) is 13.1 Å². The molecule has 7 nitrogen and oxygen atoms in total. The smallest absolute Gasteiger partial charge is 0.224 e. The number of pyridine rings is 1. The third-order valence-electron chi connectivity index (χ3n) is 5.12. The second-order valence-electron chi connectivity index (χ2n) is 6.81. The first-order valence-electron chi connectivity index (χ1n) is 9.22. The van der Waals surface area contributed by atoms with Gasteiger partial charge in [0.25, 0.3) is 0 Å². The topological polar surface area (TPSA) is 81.0 Å². The van der Waals surface area contributed by atoms with E-state index in [9.17, 15) is 9.59 Å². The van der Waals surface area contributed by atoms with E-state index in [0.29, 0.717) is 44.5 Å². The van der Waals surface area contributed by atoms with Crippen LogP contribution in [0.25, 0.3) is 11.0 Å².